The fraction of sp³-hybridized carbons (Fsp3) is 0.286. The molecular weight excluding hydrogens is 390 g/mol. The fourth-order valence-corrected chi connectivity index (χ4v) is 4.45. The Kier molecular flexibility index (Phi) is 4.84. The third-order valence-electron chi connectivity index (χ3n) is 4.60. The molecule has 7 nitrogen and oxygen atoms in total. The molecule has 29 heavy (non-hydrogen) atoms. The van der Waals surface area contributed by atoms with E-state index < -0.39 is 15.4 Å². The van der Waals surface area contributed by atoms with Crippen LogP contribution in [0.15, 0.2) is 59.6 Å². The van der Waals surface area contributed by atoms with E-state index in [0.29, 0.717) is 17.2 Å². The van der Waals surface area contributed by atoms with Gasteiger partial charge in [0, 0.05) is 12.0 Å². The molecule has 0 saturated heterocycles. The van der Waals surface area contributed by atoms with Crippen molar-refractivity contribution < 1.29 is 17.9 Å². The highest BCUT2D eigenvalue weighted by molar-refractivity contribution is 7.89. The summed E-state index contributed by atoms with van der Waals surface area (Å²) in [6, 6.07) is 14.8. The Bertz CT molecular complexity index is 1130. The molecule has 2 aromatic carbocycles. The van der Waals surface area contributed by atoms with Gasteiger partial charge in [0.25, 0.3) is 0 Å². The maximum Gasteiger partial charge on any atom is 0.244 e. The van der Waals surface area contributed by atoms with Crippen LogP contribution in [0.1, 0.15) is 32.0 Å². The first kappa shape index (κ1) is 19.5. The topological polar surface area (TPSA) is 82.5 Å². The molecule has 1 aromatic heterocycles. The minimum Gasteiger partial charge on any atom is -0.454 e. The minimum atomic E-state index is -3.78. The summed E-state index contributed by atoms with van der Waals surface area (Å²) in [5.41, 5.74) is 1.66. The Morgan fingerprint density at radius 1 is 1.07 bits per heavy atom. The summed E-state index contributed by atoms with van der Waals surface area (Å²) in [7, 11) is -3.78. The van der Waals surface area contributed by atoms with Crippen LogP contribution < -0.4 is 14.2 Å². The second-order valence-corrected chi connectivity index (χ2v) is 9.62. The number of nitrogens with one attached hydrogen (secondary N) is 1. The van der Waals surface area contributed by atoms with Gasteiger partial charge in [0.15, 0.2) is 11.5 Å². The van der Waals surface area contributed by atoms with E-state index in [4.69, 9.17) is 9.47 Å². The molecule has 1 aliphatic heterocycles. The zero-order valence-corrected chi connectivity index (χ0v) is 17.4. The van der Waals surface area contributed by atoms with Crippen LogP contribution in [0.5, 0.6) is 11.5 Å². The van der Waals surface area contributed by atoms with Gasteiger partial charge in [-0.1, -0.05) is 45.0 Å². The number of ether oxygens (including phenoxy) is 2. The number of rotatable bonds is 5. The highest BCUT2D eigenvalue weighted by atomic mass is 32.2. The molecule has 1 N–H and O–H groups in total. The zero-order chi connectivity index (χ0) is 20.6. The molecule has 0 aliphatic carbocycles. The number of hydrogen-bond acceptors (Lipinski definition) is 5. The molecule has 0 amide bonds. The van der Waals surface area contributed by atoms with Gasteiger partial charge in [0.05, 0.1) is 17.6 Å². The standard InChI is InChI=1S/C21H23N3O4S/c1-21(2,3)20-19(13-24(23-20)16-7-5-4-6-8-16)29(25,26)22-12-15-9-10-17-18(11-15)28-14-27-17/h4-11,13,22H,12,14H2,1-3H3. The maximum absolute atomic E-state index is 13.1. The SMILES string of the molecule is CC(C)(C)c1nn(-c2ccccc2)cc1S(=O)(=O)NCc1ccc2c(c1)OCO2. The van der Waals surface area contributed by atoms with Gasteiger partial charge in [-0.15, -0.1) is 0 Å². The Hall–Kier alpha value is -2.84. The van der Waals surface area contributed by atoms with Gasteiger partial charge in [0.1, 0.15) is 4.90 Å². The van der Waals surface area contributed by atoms with E-state index in [0.717, 1.165) is 11.3 Å². The average molecular weight is 413 g/mol. The van der Waals surface area contributed by atoms with Crippen LogP contribution in [0.25, 0.3) is 5.69 Å². The molecule has 0 fully saturated rings. The highest BCUT2D eigenvalue weighted by Gasteiger charge is 2.30. The Morgan fingerprint density at radius 3 is 2.52 bits per heavy atom. The number of para-hydroxylation sites is 1. The van der Waals surface area contributed by atoms with E-state index in [1.54, 1.807) is 23.0 Å². The van der Waals surface area contributed by atoms with Crippen molar-refractivity contribution >= 4 is 10.0 Å². The van der Waals surface area contributed by atoms with E-state index >= 15 is 0 Å². The lowest BCUT2D eigenvalue weighted by Crippen LogP contribution is -2.26. The lowest BCUT2D eigenvalue weighted by atomic mass is 9.92. The fourth-order valence-electron chi connectivity index (χ4n) is 3.09. The summed E-state index contributed by atoms with van der Waals surface area (Å²) in [5.74, 6) is 1.28. The van der Waals surface area contributed by atoms with Gasteiger partial charge in [0.2, 0.25) is 16.8 Å². The van der Waals surface area contributed by atoms with Crippen LogP contribution in [-0.2, 0) is 22.0 Å². The monoisotopic (exact) mass is 413 g/mol. The van der Waals surface area contributed by atoms with Gasteiger partial charge in [-0.2, -0.15) is 5.10 Å². The molecule has 8 heteroatoms. The van der Waals surface area contributed by atoms with Crippen LogP contribution in [0.4, 0.5) is 0 Å². The predicted octanol–water partition coefficient (Wildman–Crippen LogP) is 3.38. The van der Waals surface area contributed by atoms with Crippen LogP contribution in [0, 0.1) is 0 Å². The summed E-state index contributed by atoms with van der Waals surface area (Å²) in [6.07, 6.45) is 1.57. The summed E-state index contributed by atoms with van der Waals surface area (Å²) in [4.78, 5) is 0.176. The first-order valence-corrected chi connectivity index (χ1v) is 10.8. The largest absolute Gasteiger partial charge is 0.454 e. The summed E-state index contributed by atoms with van der Waals surface area (Å²) >= 11 is 0. The number of fused-ring (bicyclic) bond motifs is 1. The third-order valence-corrected chi connectivity index (χ3v) is 6.01. The van der Waals surface area contributed by atoms with Gasteiger partial charge >= 0.3 is 0 Å². The lowest BCUT2D eigenvalue weighted by molar-refractivity contribution is 0.174. The molecular formula is C21H23N3O4S. The van der Waals surface area contributed by atoms with Crippen molar-refractivity contribution in [1.82, 2.24) is 14.5 Å². The molecule has 0 bridgehead atoms. The summed E-state index contributed by atoms with van der Waals surface area (Å²) in [6.45, 7) is 6.15. The first-order chi connectivity index (χ1) is 13.7. The predicted molar refractivity (Wildman–Crippen MR) is 109 cm³/mol. The lowest BCUT2D eigenvalue weighted by Gasteiger charge is -2.17. The van der Waals surface area contributed by atoms with Gasteiger partial charge in [-0.25, -0.2) is 17.8 Å². The quantitative estimate of drug-likeness (QED) is 0.693. The molecule has 0 radical (unpaired) electrons. The number of benzene rings is 2. The van der Waals surface area contributed by atoms with Crippen molar-refractivity contribution in [2.75, 3.05) is 6.79 Å². The molecule has 0 spiro atoms. The molecule has 0 atom stereocenters. The minimum absolute atomic E-state index is 0.138. The van der Waals surface area contributed by atoms with Crippen molar-refractivity contribution in [2.24, 2.45) is 0 Å². The molecule has 1 aliphatic rings. The van der Waals surface area contributed by atoms with E-state index in [2.05, 4.69) is 9.82 Å². The van der Waals surface area contributed by atoms with Crippen LogP contribution in [0.3, 0.4) is 0 Å². The molecule has 0 saturated carbocycles. The van der Waals surface area contributed by atoms with Crippen molar-refractivity contribution in [3.05, 3.63) is 66.0 Å². The second-order valence-electron chi connectivity index (χ2n) is 7.88. The molecule has 2 heterocycles. The van der Waals surface area contributed by atoms with Crippen LogP contribution >= 0.6 is 0 Å². The zero-order valence-electron chi connectivity index (χ0n) is 16.5. The molecule has 3 aromatic rings. The molecule has 152 valence electrons. The van der Waals surface area contributed by atoms with Crippen LogP contribution in [0.2, 0.25) is 0 Å². The highest BCUT2D eigenvalue weighted by Crippen LogP contribution is 2.33. The van der Waals surface area contributed by atoms with Crippen LogP contribution in [-0.4, -0.2) is 25.0 Å². The number of nitrogens with zero attached hydrogens (tertiary/aromatic N) is 2. The van der Waals surface area contributed by atoms with E-state index in [-0.39, 0.29) is 18.2 Å². The number of hydrogen-bond donors (Lipinski definition) is 1. The van der Waals surface area contributed by atoms with E-state index in [9.17, 15) is 8.42 Å². The molecule has 4 rings (SSSR count). The number of sulfonamides is 1. The van der Waals surface area contributed by atoms with E-state index in [1.165, 1.54) is 0 Å². The second kappa shape index (κ2) is 7.20. The summed E-state index contributed by atoms with van der Waals surface area (Å²) in [5, 5.41) is 4.58. The maximum atomic E-state index is 13.1. The Balaban J connectivity index is 1.64. The third kappa shape index (κ3) is 3.99. The summed E-state index contributed by atoms with van der Waals surface area (Å²) < 4.78 is 41.2. The van der Waals surface area contributed by atoms with Crippen molar-refractivity contribution in [1.29, 1.82) is 0 Å². The average Bonchev–Trinajstić information content (AvgIpc) is 3.34. The number of aromatic nitrogens is 2. The Morgan fingerprint density at radius 2 is 1.79 bits per heavy atom. The molecule has 0 unspecified atom stereocenters. The first-order valence-electron chi connectivity index (χ1n) is 9.28. The van der Waals surface area contributed by atoms with Crippen molar-refractivity contribution in [3.8, 4) is 17.2 Å². The smallest absolute Gasteiger partial charge is 0.244 e. The van der Waals surface area contributed by atoms with Gasteiger partial charge in [-0.05, 0) is 29.8 Å². The van der Waals surface area contributed by atoms with E-state index in [1.807, 2.05) is 57.2 Å². The van der Waals surface area contributed by atoms with Crippen molar-refractivity contribution in [2.45, 2.75) is 37.6 Å². The Labute approximate surface area is 170 Å². The van der Waals surface area contributed by atoms with Gasteiger partial charge < -0.3 is 9.47 Å². The normalized spacial score (nSPS) is 13.6. The van der Waals surface area contributed by atoms with Gasteiger partial charge in [-0.3, -0.25) is 0 Å². The van der Waals surface area contributed by atoms with Crippen molar-refractivity contribution in [3.63, 3.8) is 0 Å².